The van der Waals surface area contributed by atoms with E-state index in [1.54, 1.807) is 42.5 Å². The molecule has 0 saturated heterocycles. The highest BCUT2D eigenvalue weighted by atomic mass is 32.1. The number of amides is 2. The molecule has 2 rings (SSSR count). The van der Waals surface area contributed by atoms with Gasteiger partial charge in [-0.15, -0.1) is 11.3 Å². The van der Waals surface area contributed by atoms with Gasteiger partial charge in [0.1, 0.15) is 18.4 Å². The van der Waals surface area contributed by atoms with Crippen LogP contribution in [0.1, 0.15) is 41.3 Å². The zero-order valence-electron chi connectivity index (χ0n) is 14.7. The third kappa shape index (κ3) is 5.86. The molecule has 0 aliphatic carbocycles. The summed E-state index contributed by atoms with van der Waals surface area (Å²) in [5.41, 5.74) is 1.36. The molecule has 0 fully saturated rings. The van der Waals surface area contributed by atoms with Gasteiger partial charge in [0.05, 0.1) is 10.7 Å². The first-order chi connectivity index (χ1) is 12.0. The molecule has 1 aromatic heterocycles. The number of rotatable bonds is 8. The fraction of sp³-hybridized carbons (Fsp3) is 0.389. The number of hydrogen-bond acceptors (Lipinski definition) is 5. The summed E-state index contributed by atoms with van der Waals surface area (Å²) < 4.78 is 5.65. The number of carbonyl (C=O) groups excluding carboxylic acids is 2. The molecule has 1 atom stereocenters. The van der Waals surface area contributed by atoms with Crippen LogP contribution in [0, 0.1) is 6.92 Å². The lowest BCUT2D eigenvalue weighted by molar-refractivity contribution is -0.122. The van der Waals surface area contributed by atoms with Crippen LogP contribution in [0.15, 0.2) is 29.6 Å². The van der Waals surface area contributed by atoms with Gasteiger partial charge < -0.3 is 15.4 Å². The number of aryl methyl sites for hydroxylation is 1. The number of carbonyl (C=O) groups is 2. The van der Waals surface area contributed by atoms with Gasteiger partial charge in [-0.1, -0.05) is 6.92 Å². The fourth-order valence-electron chi connectivity index (χ4n) is 2.08. The summed E-state index contributed by atoms with van der Waals surface area (Å²) in [6.45, 7) is 6.58. The Morgan fingerprint density at radius 1 is 1.28 bits per heavy atom. The van der Waals surface area contributed by atoms with Crippen LogP contribution in [0.25, 0.3) is 0 Å². The normalized spacial score (nSPS) is 11.6. The maximum Gasteiger partial charge on any atom is 0.251 e. The number of thiazole rings is 1. The Morgan fingerprint density at radius 3 is 2.60 bits per heavy atom. The van der Waals surface area contributed by atoms with Gasteiger partial charge in [-0.3, -0.25) is 9.59 Å². The zero-order chi connectivity index (χ0) is 18.2. The lowest BCUT2D eigenvalue weighted by atomic mass is 10.2. The molecule has 2 N–H and O–H groups in total. The predicted octanol–water partition coefficient (Wildman–Crippen LogP) is 2.68. The van der Waals surface area contributed by atoms with Crippen molar-refractivity contribution in [3.8, 4) is 5.75 Å². The first kappa shape index (κ1) is 18.9. The first-order valence-electron chi connectivity index (χ1n) is 8.22. The van der Waals surface area contributed by atoms with Crippen LogP contribution in [0.5, 0.6) is 5.75 Å². The minimum absolute atomic E-state index is 0.186. The fourth-order valence-corrected chi connectivity index (χ4v) is 2.68. The first-order valence-corrected chi connectivity index (χ1v) is 9.10. The number of ether oxygens (including phenoxy) is 1. The van der Waals surface area contributed by atoms with Crippen molar-refractivity contribution >= 4 is 23.2 Å². The van der Waals surface area contributed by atoms with Gasteiger partial charge in [0.15, 0.2) is 0 Å². The van der Waals surface area contributed by atoms with Gasteiger partial charge in [0.25, 0.3) is 5.91 Å². The van der Waals surface area contributed by atoms with E-state index in [0.29, 0.717) is 24.5 Å². The monoisotopic (exact) mass is 361 g/mol. The highest BCUT2D eigenvalue weighted by Gasteiger charge is 2.16. The van der Waals surface area contributed by atoms with E-state index in [9.17, 15) is 9.59 Å². The Morgan fingerprint density at radius 2 is 2.00 bits per heavy atom. The number of nitrogens with zero attached hydrogens (tertiary/aromatic N) is 1. The topological polar surface area (TPSA) is 80.3 Å². The van der Waals surface area contributed by atoms with E-state index < -0.39 is 6.04 Å². The van der Waals surface area contributed by atoms with Crippen LogP contribution in [0.4, 0.5) is 0 Å². The van der Waals surface area contributed by atoms with E-state index in [4.69, 9.17) is 4.74 Å². The van der Waals surface area contributed by atoms with Crippen molar-refractivity contribution in [3.05, 3.63) is 45.9 Å². The largest absolute Gasteiger partial charge is 0.487 e. The second kappa shape index (κ2) is 9.17. The maximum absolute atomic E-state index is 12.2. The Bertz CT molecular complexity index is 713. The molecule has 2 amide bonds. The number of aromatic nitrogens is 1. The van der Waals surface area contributed by atoms with Gasteiger partial charge >= 0.3 is 0 Å². The molecular formula is C18H23N3O3S. The Balaban J connectivity index is 1.85. The molecule has 0 aliphatic heterocycles. The lowest BCUT2D eigenvalue weighted by Crippen LogP contribution is -2.44. The molecule has 0 spiro atoms. The molecule has 6 nitrogen and oxygen atoms in total. The van der Waals surface area contributed by atoms with Gasteiger partial charge in [-0.2, -0.15) is 0 Å². The van der Waals surface area contributed by atoms with Crippen molar-refractivity contribution in [1.29, 1.82) is 0 Å². The second-order valence-electron chi connectivity index (χ2n) is 5.66. The predicted molar refractivity (Wildman–Crippen MR) is 97.9 cm³/mol. The molecule has 134 valence electrons. The van der Waals surface area contributed by atoms with Crippen LogP contribution >= 0.6 is 11.3 Å². The summed E-state index contributed by atoms with van der Waals surface area (Å²) in [7, 11) is 0. The smallest absolute Gasteiger partial charge is 0.251 e. The Kier molecular flexibility index (Phi) is 6.94. The molecule has 0 bridgehead atoms. The van der Waals surface area contributed by atoms with Crippen LogP contribution in [0.2, 0.25) is 0 Å². The molecular weight excluding hydrogens is 338 g/mol. The summed E-state index contributed by atoms with van der Waals surface area (Å²) >= 11 is 1.58. The van der Waals surface area contributed by atoms with E-state index in [-0.39, 0.29) is 11.8 Å². The molecule has 0 aliphatic rings. The van der Waals surface area contributed by atoms with Crippen molar-refractivity contribution in [1.82, 2.24) is 15.6 Å². The molecule has 0 saturated carbocycles. The van der Waals surface area contributed by atoms with Crippen LogP contribution in [-0.2, 0) is 11.4 Å². The number of hydrogen-bond donors (Lipinski definition) is 2. The summed E-state index contributed by atoms with van der Waals surface area (Å²) in [6.07, 6.45) is 0.855. The highest BCUT2D eigenvalue weighted by molar-refractivity contribution is 7.09. The third-order valence-electron chi connectivity index (χ3n) is 3.46. The van der Waals surface area contributed by atoms with E-state index in [0.717, 1.165) is 17.1 Å². The SMILES string of the molecule is CCCNC(=O)[C@H](C)NC(=O)c1ccc(OCc2csc(C)n2)cc1. The third-order valence-corrected chi connectivity index (χ3v) is 4.28. The van der Waals surface area contributed by atoms with E-state index in [1.807, 2.05) is 19.2 Å². The number of nitrogens with one attached hydrogen (secondary N) is 2. The molecule has 7 heteroatoms. The molecule has 0 radical (unpaired) electrons. The standard InChI is InChI=1S/C18H23N3O3S/c1-4-9-19-17(22)12(2)20-18(23)14-5-7-16(8-6-14)24-10-15-11-25-13(3)21-15/h5-8,11-12H,4,9-10H2,1-3H3,(H,19,22)(H,20,23)/t12-/m0/s1. The molecule has 1 aromatic carbocycles. The van der Waals surface area contributed by atoms with Crippen molar-refractivity contribution in [2.75, 3.05) is 6.54 Å². The quantitative estimate of drug-likeness (QED) is 0.757. The average Bonchev–Trinajstić information content (AvgIpc) is 3.03. The van der Waals surface area contributed by atoms with Gasteiger partial charge in [0, 0.05) is 17.5 Å². The van der Waals surface area contributed by atoms with Gasteiger partial charge in [-0.05, 0) is 44.5 Å². The molecule has 1 heterocycles. The summed E-state index contributed by atoms with van der Waals surface area (Å²) in [5.74, 6) is 0.186. The summed E-state index contributed by atoms with van der Waals surface area (Å²) in [6, 6.07) is 6.23. The highest BCUT2D eigenvalue weighted by Crippen LogP contribution is 2.15. The minimum atomic E-state index is -0.581. The van der Waals surface area contributed by atoms with Crippen LogP contribution in [0.3, 0.4) is 0 Å². The summed E-state index contributed by atoms with van der Waals surface area (Å²) in [5, 5.41) is 8.40. The lowest BCUT2D eigenvalue weighted by Gasteiger charge is -2.14. The van der Waals surface area contributed by atoms with Crippen molar-refractivity contribution in [3.63, 3.8) is 0 Å². The molecule has 25 heavy (non-hydrogen) atoms. The van der Waals surface area contributed by atoms with Crippen molar-refractivity contribution in [2.24, 2.45) is 0 Å². The Labute approximate surface area is 151 Å². The van der Waals surface area contributed by atoms with E-state index in [2.05, 4.69) is 15.6 Å². The van der Waals surface area contributed by atoms with E-state index >= 15 is 0 Å². The Hall–Kier alpha value is -2.41. The van der Waals surface area contributed by atoms with Crippen LogP contribution in [-0.4, -0.2) is 29.4 Å². The summed E-state index contributed by atoms with van der Waals surface area (Å²) in [4.78, 5) is 28.3. The van der Waals surface area contributed by atoms with Gasteiger partial charge in [-0.25, -0.2) is 4.98 Å². The second-order valence-corrected chi connectivity index (χ2v) is 6.72. The molecule has 2 aromatic rings. The number of benzene rings is 1. The van der Waals surface area contributed by atoms with Crippen molar-refractivity contribution < 1.29 is 14.3 Å². The van der Waals surface area contributed by atoms with Crippen LogP contribution < -0.4 is 15.4 Å². The zero-order valence-corrected chi connectivity index (χ0v) is 15.5. The van der Waals surface area contributed by atoms with E-state index in [1.165, 1.54) is 0 Å². The minimum Gasteiger partial charge on any atom is -0.487 e. The van der Waals surface area contributed by atoms with Crippen molar-refractivity contribution in [2.45, 2.75) is 39.8 Å². The maximum atomic E-state index is 12.2. The average molecular weight is 361 g/mol. The van der Waals surface area contributed by atoms with Gasteiger partial charge in [0.2, 0.25) is 5.91 Å². The molecule has 0 unspecified atom stereocenters.